The lowest BCUT2D eigenvalue weighted by molar-refractivity contribution is -0.131. The summed E-state index contributed by atoms with van der Waals surface area (Å²) in [5.41, 5.74) is 2.12. The average Bonchev–Trinajstić information content (AvgIpc) is 3.12. The number of thiophene rings is 1. The number of nitrogens with zero attached hydrogens (tertiary/aromatic N) is 4. The van der Waals surface area contributed by atoms with Gasteiger partial charge in [0, 0.05) is 44.4 Å². The second-order valence-electron chi connectivity index (χ2n) is 5.85. The molecule has 0 aromatic carbocycles. The lowest BCUT2D eigenvalue weighted by Gasteiger charge is -2.35. The summed E-state index contributed by atoms with van der Waals surface area (Å²) in [4.78, 5) is 25.3. The number of methoxy groups -OCH3 is 1. The average molecular weight is 346 g/mol. The molecule has 0 bridgehead atoms. The Morgan fingerprint density at radius 1 is 1.29 bits per heavy atom. The van der Waals surface area contributed by atoms with Crippen molar-refractivity contribution in [2.45, 2.75) is 19.8 Å². The van der Waals surface area contributed by atoms with Crippen LogP contribution in [0.5, 0.6) is 5.88 Å². The van der Waals surface area contributed by atoms with Crippen LogP contribution in [0.4, 0.5) is 5.95 Å². The highest BCUT2D eigenvalue weighted by Crippen LogP contribution is 2.17. The molecule has 0 radical (unpaired) electrons. The maximum atomic E-state index is 12.4. The second kappa shape index (κ2) is 7.61. The van der Waals surface area contributed by atoms with E-state index in [1.807, 2.05) is 17.9 Å². The molecule has 0 aliphatic carbocycles. The molecule has 7 heteroatoms. The van der Waals surface area contributed by atoms with Gasteiger partial charge in [0.1, 0.15) is 0 Å². The predicted molar refractivity (Wildman–Crippen MR) is 94.8 cm³/mol. The van der Waals surface area contributed by atoms with Gasteiger partial charge < -0.3 is 14.5 Å². The van der Waals surface area contributed by atoms with Crippen LogP contribution in [0.15, 0.2) is 22.9 Å². The zero-order chi connectivity index (χ0) is 16.9. The lowest BCUT2D eigenvalue weighted by Crippen LogP contribution is -2.49. The van der Waals surface area contributed by atoms with Crippen LogP contribution < -0.4 is 9.64 Å². The third-order valence-electron chi connectivity index (χ3n) is 4.15. The summed E-state index contributed by atoms with van der Waals surface area (Å²) in [5.74, 6) is 1.48. The summed E-state index contributed by atoms with van der Waals surface area (Å²) in [6.45, 7) is 4.84. The molecule has 0 spiro atoms. The Kier molecular flexibility index (Phi) is 5.30. The summed E-state index contributed by atoms with van der Waals surface area (Å²) in [7, 11) is 1.61. The Bertz CT molecular complexity index is 682. The first kappa shape index (κ1) is 16.7. The zero-order valence-corrected chi connectivity index (χ0v) is 14.9. The van der Waals surface area contributed by atoms with Crippen molar-refractivity contribution in [2.75, 3.05) is 38.2 Å². The first-order valence-corrected chi connectivity index (χ1v) is 9.03. The Morgan fingerprint density at radius 3 is 2.75 bits per heavy atom. The van der Waals surface area contributed by atoms with Crippen LogP contribution in [0.3, 0.4) is 0 Å². The Labute approximate surface area is 146 Å². The number of aryl methyl sites for hydroxylation is 2. The SMILES string of the molecule is COc1cc(C)nc(N2CCN(C(=O)CCc3ccsc3)CC2)n1. The van der Waals surface area contributed by atoms with E-state index in [4.69, 9.17) is 4.74 Å². The molecule has 1 amide bonds. The van der Waals surface area contributed by atoms with E-state index < -0.39 is 0 Å². The Balaban J connectivity index is 1.53. The van der Waals surface area contributed by atoms with Crippen LogP contribution in [0.2, 0.25) is 0 Å². The van der Waals surface area contributed by atoms with Crippen LogP contribution in [0.1, 0.15) is 17.7 Å². The van der Waals surface area contributed by atoms with Gasteiger partial charge in [0.15, 0.2) is 0 Å². The van der Waals surface area contributed by atoms with E-state index in [0.29, 0.717) is 31.3 Å². The fourth-order valence-corrected chi connectivity index (χ4v) is 3.47. The number of rotatable bonds is 5. The van der Waals surface area contributed by atoms with Gasteiger partial charge in [-0.3, -0.25) is 4.79 Å². The normalized spacial score (nSPS) is 14.8. The fourth-order valence-electron chi connectivity index (χ4n) is 2.77. The zero-order valence-electron chi connectivity index (χ0n) is 14.1. The smallest absolute Gasteiger partial charge is 0.228 e. The van der Waals surface area contributed by atoms with E-state index in [1.54, 1.807) is 18.4 Å². The minimum atomic E-state index is 0.226. The molecule has 128 valence electrons. The van der Waals surface area contributed by atoms with Gasteiger partial charge in [-0.15, -0.1) is 0 Å². The molecule has 1 aliphatic heterocycles. The van der Waals surface area contributed by atoms with Crippen molar-refractivity contribution in [3.8, 4) is 5.88 Å². The maximum Gasteiger partial charge on any atom is 0.228 e. The third-order valence-corrected chi connectivity index (χ3v) is 4.88. The number of aromatic nitrogens is 2. The van der Waals surface area contributed by atoms with Gasteiger partial charge in [0.05, 0.1) is 7.11 Å². The number of carbonyl (C=O) groups is 1. The molecule has 24 heavy (non-hydrogen) atoms. The maximum absolute atomic E-state index is 12.4. The van der Waals surface area contributed by atoms with Gasteiger partial charge in [0.25, 0.3) is 0 Å². The summed E-state index contributed by atoms with van der Waals surface area (Å²) in [5, 5.41) is 4.16. The molecule has 6 nitrogen and oxygen atoms in total. The predicted octanol–water partition coefficient (Wildman–Crippen LogP) is 2.14. The van der Waals surface area contributed by atoms with Gasteiger partial charge in [-0.25, -0.2) is 4.98 Å². The van der Waals surface area contributed by atoms with E-state index >= 15 is 0 Å². The highest BCUT2D eigenvalue weighted by Gasteiger charge is 2.23. The van der Waals surface area contributed by atoms with Crippen LogP contribution in [-0.2, 0) is 11.2 Å². The highest BCUT2D eigenvalue weighted by atomic mass is 32.1. The summed E-state index contributed by atoms with van der Waals surface area (Å²) in [6, 6.07) is 3.89. The molecule has 0 atom stereocenters. The quantitative estimate of drug-likeness (QED) is 0.830. The van der Waals surface area contributed by atoms with Crippen LogP contribution in [0.25, 0.3) is 0 Å². The van der Waals surface area contributed by atoms with Crippen molar-refractivity contribution in [3.63, 3.8) is 0 Å². The number of hydrogen-bond donors (Lipinski definition) is 0. The highest BCUT2D eigenvalue weighted by molar-refractivity contribution is 7.07. The molecule has 0 unspecified atom stereocenters. The topological polar surface area (TPSA) is 58.6 Å². The lowest BCUT2D eigenvalue weighted by atomic mass is 10.1. The molecular formula is C17H22N4O2S. The van der Waals surface area contributed by atoms with Gasteiger partial charge in [-0.2, -0.15) is 16.3 Å². The monoisotopic (exact) mass is 346 g/mol. The van der Waals surface area contributed by atoms with Gasteiger partial charge in [0.2, 0.25) is 17.7 Å². The van der Waals surface area contributed by atoms with Crippen molar-refractivity contribution < 1.29 is 9.53 Å². The number of ether oxygens (including phenoxy) is 1. The molecule has 2 aromatic heterocycles. The number of anilines is 1. The van der Waals surface area contributed by atoms with E-state index in [9.17, 15) is 4.79 Å². The van der Waals surface area contributed by atoms with Gasteiger partial charge >= 0.3 is 0 Å². The molecular weight excluding hydrogens is 324 g/mol. The number of piperazine rings is 1. The van der Waals surface area contributed by atoms with E-state index in [1.165, 1.54) is 5.56 Å². The van der Waals surface area contributed by atoms with Crippen molar-refractivity contribution in [1.29, 1.82) is 0 Å². The van der Waals surface area contributed by atoms with E-state index in [0.717, 1.165) is 25.2 Å². The number of carbonyl (C=O) groups excluding carboxylic acids is 1. The first-order valence-electron chi connectivity index (χ1n) is 8.09. The van der Waals surface area contributed by atoms with Crippen molar-refractivity contribution in [1.82, 2.24) is 14.9 Å². The molecule has 1 saturated heterocycles. The van der Waals surface area contributed by atoms with Crippen LogP contribution >= 0.6 is 11.3 Å². The van der Waals surface area contributed by atoms with Crippen molar-refractivity contribution in [3.05, 3.63) is 34.2 Å². The van der Waals surface area contributed by atoms with Gasteiger partial charge in [-0.05, 0) is 35.7 Å². The molecule has 1 fully saturated rings. The summed E-state index contributed by atoms with van der Waals surface area (Å²) < 4.78 is 5.21. The molecule has 1 aliphatic rings. The minimum absolute atomic E-state index is 0.226. The molecule has 0 N–H and O–H groups in total. The van der Waals surface area contributed by atoms with E-state index in [-0.39, 0.29) is 5.91 Å². The molecule has 3 heterocycles. The van der Waals surface area contributed by atoms with Crippen molar-refractivity contribution in [2.24, 2.45) is 0 Å². The number of amides is 1. The van der Waals surface area contributed by atoms with Gasteiger partial charge in [-0.1, -0.05) is 0 Å². The largest absolute Gasteiger partial charge is 0.481 e. The van der Waals surface area contributed by atoms with Crippen LogP contribution in [-0.4, -0.2) is 54.1 Å². The fraction of sp³-hybridized carbons (Fsp3) is 0.471. The van der Waals surface area contributed by atoms with Crippen molar-refractivity contribution >= 4 is 23.2 Å². The Hall–Kier alpha value is -2.15. The third kappa shape index (κ3) is 4.03. The summed E-state index contributed by atoms with van der Waals surface area (Å²) in [6.07, 6.45) is 1.40. The van der Waals surface area contributed by atoms with E-state index in [2.05, 4.69) is 31.7 Å². The molecule has 0 saturated carbocycles. The molecule has 3 rings (SSSR count). The molecule has 2 aromatic rings. The second-order valence-corrected chi connectivity index (χ2v) is 6.63. The minimum Gasteiger partial charge on any atom is -0.481 e. The Morgan fingerprint density at radius 2 is 2.08 bits per heavy atom. The first-order chi connectivity index (χ1) is 11.7. The van der Waals surface area contributed by atoms with Crippen LogP contribution in [0, 0.1) is 6.92 Å². The summed E-state index contributed by atoms with van der Waals surface area (Å²) >= 11 is 1.67. The standard InChI is InChI=1S/C17H22N4O2S/c1-13-11-15(23-2)19-17(18-13)21-8-6-20(7-9-21)16(22)4-3-14-5-10-24-12-14/h5,10-12H,3-4,6-9H2,1-2H3. The number of hydrogen-bond acceptors (Lipinski definition) is 6.